The summed E-state index contributed by atoms with van der Waals surface area (Å²) in [5, 5.41) is 3.27. The summed E-state index contributed by atoms with van der Waals surface area (Å²) in [6, 6.07) is 10.4. The third-order valence-electron chi connectivity index (χ3n) is 3.34. The minimum Gasteiger partial charge on any atom is -0.497 e. The molecule has 0 aliphatic rings. The molecular weight excluding hydrogens is 269 g/mol. The molecule has 0 saturated carbocycles. The lowest BCUT2D eigenvalue weighted by Gasteiger charge is -2.14. The van der Waals surface area contributed by atoms with Gasteiger partial charge in [0.2, 0.25) is 0 Å². The van der Waals surface area contributed by atoms with E-state index in [1.54, 1.807) is 26.4 Å². The summed E-state index contributed by atoms with van der Waals surface area (Å²) in [5.41, 5.74) is 2.71. The maximum absolute atomic E-state index is 13.7. The van der Waals surface area contributed by atoms with Gasteiger partial charge in [-0.25, -0.2) is 4.39 Å². The molecule has 2 rings (SSSR count). The Bertz CT molecular complexity index is 614. The Balaban J connectivity index is 2.51. The maximum Gasteiger partial charge on any atom is 0.130 e. The molecule has 0 fully saturated rings. The highest BCUT2D eigenvalue weighted by molar-refractivity contribution is 5.74. The second kappa shape index (κ2) is 7.09. The van der Waals surface area contributed by atoms with Crippen LogP contribution in [-0.2, 0) is 6.54 Å². The summed E-state index contributed by atoms with van der Waals surface area (Å²) in [7, 11) is 3.20. The van der Waals surface area contributed by atoms with Crippen molar-refractivity contribution in [1.29, 1.82) is 0 Å². The SMILES string of the molecule is CCNCc1ccc(F)cc1-c1ccc(OC)cc1OC. The van der Waals surface area contributed by atoms with Gasteiger partial charge in [-0.3, -0.25) is 0 Å². The average molecular weight is 289 g/mol. The van der Waals surface area contributed by atoms with Crippen molar-refractivity contribution in [1.82, 2.24) is 5.32 Å². The summed E-state index contributed by atoms with van der Waals surface area (Å²) in [5.74, 6) is 1.11. The summed E-state index contributed by atoms with van der Waals surface area (Å²) < 4.78 is 24.3. The lowest BCUT2D eigenvalue weighted by atomic mass is 9.98. The predicted octanol–water partition coefficient (Wildman–Crippen LogP) is 3.62. The van der Waals surface area contributed by atoms with E-state index in [0.29, 0.717) is 18.0 Å². The van der Waals surface area contributed by atoms with Crippen LogP contribution in [-0.4, -0.2) is 20.8 Å². The first-order valence-electron chi connectivity index (χ1n) is 6.91. The minimum atomic E-state index is -0.261. The molecule has 0 amide bonds. The van der Waals surface area contributed by atoms with E-state index in [1.807, 2.05) is 19.1 Å². The van der Waals surface area contributed by atoms with E-state index < -0.39 is 0 Å². The monoisotopic (exact) mass is 289 g/mol. The van der Waals surface area contributed by atoms with E-state index in [-0.39, 0.29) is 5.82 Å². The number of benzene rings is 2. The number of hydrogen-bond donors (Lipinski definition) is 1. The van der Waals surface area contributed by atoms with Crippen molar-refractivity contribution in [3.05, 3.63) is 47.8 Å². The van der Waals surface area contributed by atoms with Gasteiger partial charge in [-0.1, -0.05) is 13.0 Å². The lowest BCUT2D eigenvalue weighted by Crippen LogP contribution is -2.12. The van der Waals surface area contributed by atoms with Gasteiger partial charge in [0.05, 0.1) is 14.2 Å². The molecular formula is C17H20FNO2. The molecule has 4 heteroatoms. The molecule has 0 atom stereocenters. The zero-order valence-corrected chi connectivity index (χ0v) is 12.6. The highest BCUT2D eigenvalue weighted by Crippen LogP contribution is 2.35. The van der Waals surface area contributed by atoms with Crippen LogP contribution in [0.25, 0.3) is 11.1 Å². The Hall–Kier alpha value is -2.07. The van der Waals surface area contributed by atoms with Gasteiger partial charge < -0.3 is 14.8 Å². The third kappa shape index (κ3) is 3.52. The van der Waals surface area contributed by atoms with Crippen LogP contribution in [0.2, 0.25) is 0 Å². The molecule has 0 aliphatic heterocycles. The van der Waals surface area contributed by atoms with Gasteiger partial charge in [-0.2, -0.15) is 0 Å². The van der Waals surface area contributed by atoms with Gasteiger partial charge in [0.1, 0.15) is 17.3 Å². The van der Waals surface area contributed by atoms with Gasteiger partial charge in [0, 0.05) is 18.2 Å². The van der Waals surface area contributed by atoms with E-state index in [9.17, 15) is 4.39 Å². The molecule has 0 bridgehead atoms. The van der Waals surface area contributed by atoms with Gasteiger partial charge >= 0.3 is 0 Å². The predicted molar refractivity (Wildman–Crippen MR) is 82.3 cm³/mol. The standard InChI is InChI=1S/C17H20FNO2/c1-4-19-11-12-5-6-13(18)9-16(12)15-8-7-14(20-2)10-17(15)21-3/h5-10,19H,4,11H2,1-3H3. The van der Waals surface area contributed by atoms with Crippen LogP contribution >= 0.6 is 0 Å². The largest absolute Gasteiger partial charge is 0.497 e. The number of rotatable bonds is 6. The molecule has 3 nitrogen and oxygen atoms in total. The quantitative estimate of drug-likeness (QED) is 0.881. The smallest absolute Gasteiger partial charge is 0.130 e. The van der Waals surface area contributed by atoms with Crippen LogP contribution in [0.3, 0.4) is 0 Å². The Morgan fingerprint density at radius 1 is 1.00 bits per heavy atom. The third-order valence-corrected chi connectivity index (χ3v) is 3.34. The number of hydrogen-bond acceptors (Lipinski definition) is 3. The number of nitrogens with one attached hydrogen (secondary N) is 1. The van der Waals surface area contributed by atoms with Crippen molar-refractivity contribution < 1.29 is 13.9 Å². The Morgan fingerprint density at radius 3 is 2.48 bits per heavy atom. The molecule has 1 N–H and O–H groups in total. The molecule has 2 aromatic rings. The minimum absolute atomic E-state index is 0.261. The summed E-state index contributed by atoms with van der Waals surface area (Å²) in [4.78, 5) is 0. The molecule has 0 aliphatic carbocycles. The molecule has 0 heterocycles. The van der Waals surface area contributed by atoms with Crippen molar-refractivity contribution in [2.45, 2.75) is 13.5 Å². The van der Waals surface area contributed by atoms with Crippen molar-refractivity contribution in [3.63, 3.8) is 0 Å². The van der Waals surface area contributed by atoms with Gasteiger partial charge in [-0.15, -0.1) is 0 Å². The number of ether oxygens (including phenoxy) is 2. The van der Waals surface area contributed by atoms with Gasteiger partial charge in [0.25, 0.3) is 0 Å². The zero-order chi connectivity index (χ0) is 15.2. The molecule has 0 aromatic heterocycles. The highest BCUT2D eigenvalue weighted by atomic mass is 19.1. The fraction of sp³-hybridized carbons (Fsp3) is 0.294. The fourth-order valence-electron chi connectivity index (χ4n) is 2.23. The van der Waals surface area contributed by atoms with Crippen LogP contribution < -0.4 is 14.8 Å². The molecule has 112 valence electrons. The Morgan fingerprint density at radius 2 is 1.81 bits per heavy atom. The van der Waals surface area contributed by atoms with E-state index >= 15 is 0 Å². The summed E-state index contributed by atoms with van der Waals surface area (Å²) in [6.45, 7) is 3.58. The summed E-state index contributed by atoms with van der Waals surface area (Å²) in [6.07, 6.45) is 0. The molecule has 0 spiro atoms. The summed E-state index contributed by atoms with van der Waals surface area (Å²) >= 11 is 0. The molecule has 0 unspecified atom stereocenters. The van der Waals surface area contributed by atoms with Gasteiger partial charge in [0.15, 0.2) is 0 Å². The Kier molecular flexibility index (Phi) is 5.17. The van der Waals surface area contributed by atoms with Crippen LogP contribution in [0.5, 0.6) is 11.5 Å². The molecule has 0 saturated heterocycles. The molecule has 21 heavy (non-hydrogen) atoms. The van der Waals surface area contributed by atoms with Crippen LogP contribution in [0.1, 0.15) is 12.5 Å². The van der Waals surface area contributed by atoms with Crippen LogP contribution in [0.4, 0.5) is 4.39 Å². The average Bonchev–Trinajstić information content (AvgIpc) is 2.53. The normalized spacial score (nSPS) is 10.5. The van der Waals surface area contributed by atoms with Crippen molar-refractivity contribution in [3.8, 4) is 22.6 Å². The van der Waals surface area contributed by atoms with Crippen molar-refractivity contribution in [2.24, 2.45) is 0 Å². The van der Waals surface area contributed by atoms with E-state index in [4.69, 9.17) is 9.47 Å². The topological polar surface area (TPSA) is 30.5 Å². The van der Waals surface area contributed by atoms with Crippen molar-refractivity contribution in [2.75, 3.05) is 20.8 Å². The molecule has 2 aromatic carbocycles. The van der Waals surface area contributed by atoms with E-state index in [2.05, 4.69) is 5.32 Å². The second-order valence-electron chi connectivity index (χ2n) is 4.65. The second-order valence-corrected chi connectivity index (χ2v) is 4.65. The van der Waals surface area contributed by atoms with E-state index in [0.717, 1.165) is 23.2 Å². The van der Waals surface area contributed by atoms with Crippen molar-refractivity contribution >= 4 is 0 Å². The zero-order valence-electron chi connectivity index (χ0n) is 12.6. The first-order valence-corrected chi connectivity index (χ1v) is 6.91. The molecule has 0 radical (unpaired) electrons. The first-order chi connectivity index (χ1) is 10.2. The number of halogens is 1. The van der Waals surface area contributed by atoms with Crippen LogP contribution in [0.15, 0.2) is 36.4 Å². The lowest BCUT2D eigenvalue weighted by molar-refractivity contribution is 0.395. The fourth-order valence-corrected chi connectivity index (χ4v) is 2.23. The maximum atomic E-state index is 13.7. The van der Waals surface area contributed by atoms with Crippen LogP contribution in [0, 0.1) is 5.82 Å². The van der Waals surface area contributed by atoms with Gasteiger partial charge in [-0.05, 0) is 41.9 Å². The highest BCUT2D eigenvalue weighted by Gasteiger charge is 2.12. The Labute approximate surface area is 124 Å². The van der Waals surface area contributed by atoms with E-state index in [1.165, 1.54) is 12.1 Å². The number of methoxy groups -OCH3 is 2. The first kappa shape index (κ1) is 15.3.